The van der Waals surface area contributed by atoms with Crippen molar-refractivity contribution in [2.75, 3.05) is 26.2 Å². The summed E-state index contributed by atoms with van der Waals surface area (Å²) in [6, 6.07) is 16.1. The van der Waals surface area contributed by atoms with E-state index in [1.54, 1.807) is 0 Å². The van der Waals surface area contributed by atoms with E-state index in [0.717, 1.165) is 38.5 Å². The molecular formula is C23H30N2O4S2. The first-order valence-electron chi connectivity index (χ1n) is 11.0. The monoisotopic (exact) mass is 462 g/mol. The van der Waals surface area contributed by atoms with Crippen LogP contribution >= 0.6 is 0 Å². The lowest BCUT2D eigenvalue weighted by Crippen LogP contribution is -2.38. The first-order chi connectivity index (χ1) is 14.9. The van der Waals surface area contributed by atoms with Gasteiger partial charge in [0.15, 0.2) is 0 Å². The minimum atomic E-state index is -3.61. The van der Waals surface area contributed by atoms with Crippen LogP contribution in [0.15, 0.2) is 64.4 Å². The van der Waals surface area contributed by atoms with Crippen LogP contribution in [0.4, 0.5) is 0 Å². The second-order valence-electron chi connectivity index (χ2n) is 8.45. The average Bonchev–Trinajstić information content (AvgIpc) is 3.35. The summed E-state index contributed by atoms with van der Waals surface area (Å²) in [7, 11) is -7.15. The number of benzene rings is 2. The molecule has 31 heavy (non-hydrogen) atoms. The van der Waals surface area contributed by atoms with Gasteiger partial charge in [0, 0.05) is 26.2 Å². The van der Waals surface area contributed by atoms with E-state index in [2.05, 4.69) is 12.1 Å². The molecule has 168 valence electrons. The third-order valence-corrected chi connectivity index (χ3v) is 10.2. The lowest BCUT2D eigenvalue weighted by atomic mass is 9.91. The zero-order valence-electron chi connectivity index (χ0n) is 17.7. The number of aryl methyl sites for hydroxylation is 1. The van der Waals surface area contributed by atoms with Crippen LogP contribution in [-0.2, 0) is 26.5 Å². The highest BCUT2D eigenvalue weighted by Crippen LogP contribution is 2.28. The molecule has 0 bridgehead atoms. The fourth-order valence-corrected chi connectivity index (χ4v) is 7.45. The molecule has 0 aromatic heterocycles. The topological polar surface area (TPSA) is 74.8 Å². The van der Waals surface area contributed by atoms with E-state index in [0.29, 0.717) is 32.1 Å². The molecular weight excluding hydrogens is 432 g/mol. The second kappa shape index (κ2) is 9.40. The van der Waals surface area contributed by atoms with Gasteiger partial charge in [0.25, 0.3) is 0 Å². The van der Waals surface area contributed by atoms with E-state index in [1.807, 2.05) is 18.2 Å². The summed E-state index contributed by atoms with van der Waals surface area (Å²) in [6.45, 7) is 2.08. The maximum absolute atomic E-state index is 13.1. The Morgan fingerprint density at radius 3 is 1.68 bits per heavy atom. The minimum Gasteiger partial charge on any atom is -0.207 e. The quantitative estimate of drug-likeness (QED) is 0.631. The van der Waals surface area contributed by atoms with E-state index in [-0.39, 0.29) is 9.79 Å². The normalized spacial score (nSPS) is 19.6. The summed E-state index contributed by atoms with van der Waals surface area (Å²) in [5.41, 5.74) is 1.32. The fraction of sp³-hybridized carbons (Fsp3) is 0.478. The van der Waals surface area contributed by atoms with E-state index >= 15 is 0 Å². The summed E-state index contributed by atoms with van der Waals surface area (Å²) < 4.78 is 54.4. The smallest absolute Gasteiger partial charge is 0.207 e. The SMILES string of the molecule is O=S(=O)(c1ccc(S(=O)(=O)N2CCC(CCc3ccccc3)CC2)cc1)N1CCCC1. The molecule has 4 rings (SSSR count). The summed E-state index contributed by atoms with van der Waals surface area (Å²) >= 11 is 0. The summed E-state index contributed by atoms with van der Waals surface area (Å²) in [6.07, 6.45) is 5.53. The molecule has 0 saturated carbocycles. The maximum Gasteiger partial charge on any atom is 0.243 e. The minimum absolute atomic E-state index is 0.160. The van der Waals surface area contributed by atoms with Gasteiger partial charge in [-0.1, -0.05) is 30.3 Å². The molecule has 0 N–H and O–H groups in total. The Hall–Kier alpha value is -1.74. The lowest BCUT2D eigenvalue weighted by molar-refractivity contribution is 0.263. The molecule has 0 radical (unpaired) electrons. The van der Waals surface area contributed by atoms with E-state index in [1.165, 1.54) is 38.4 Å². The molecule has 6 nitrogen and oxygen atoms in total. The van der Waals surface area contributed by atoms with Crippen molar-refractivity contribution in [3.8, 4) is 0 Å². The van der Waals surface area contributed by atoms with Gasteiger partial charge >= 0.3 is 0 Å². The third-order valence-electron chi connectivity index (χ3n) is 6.42. The number of sulfonamides is 2. The standard InChI is InChI=1S/C23H30N2O4S2/c26-30(27,24-16-4-5-17-24)22-10-12-23(13-11-22)31(28,29)25-18-14-21(15-19-25)9-8-20-6-2-1-3-7-20/h1-3,6-7,10-13,21H,4-5,8-9,14-19H2. The Labute approximate surface area is 186 Å². The van der Waals surface area contributed by atoms with Crippen LogP contribution in [0, 0.1) is 5.92 Å². The zero-order valence-corrected chi connectivity index (χ0v) is 19.3. The van der Waals surface area contributed by atoms with Gasteiger partial charge in [-0.15, -0.1) is 0 Å². The molecule has 2 aliphatic heterocycles. The van der Waals surface area contributed by atoms with Crippen LogP contribution in [0.1, 0.15) is 37.7 Å². The molecule has 2 fully saturated rings. The van der Waals surface area contributed by atoms with Gasteiger partial charge in [0.05, 0.1) is 9.79 Å². The molecule has 2 saturated heterocycles. The van der Waals surface area contributed by atoms with Crippen LogP contribution in [0.2, 0.25) is 0 Å². The van der Waals surface area contributed by atoms with Crippen molar-refractivity contribution in [1.29, 1.82) is 0 Å². The highest BCUT2D eigenvalue weighted by atomic mass is 32.2. The molecule has 8 heteroatoms. The van der Waals surface area contributed by atoms with Gasteiger partial charge < -0.3 is 0 Å². The third kappa shape index (κ3) is 5.03. The van der Waals surface area contributed by atoms with Crippen molar-refractivity contribution in [2.45, 2.75) is 48.3 Å². The lowest BCUT2D eigenvalue weighted by Gasteiger charge is -2.31. The molecule has 0 atom stereocenters. The van der Waals surface area contributed by atoms with Crippen LogP contribution in [0.3, 0.4) is 0 Å². The number of rotatable bonds is 7. The maximum atomic E-state index is 13.1. The van der Waals surface area contributed by atoms with Gasteiger partial charge in [0.1, 0.15) is 0 Å². The van der Waals surface area contributed by atoms with Crippen molar-refractivity contribution < 1.29 is 16.8 Å². The highest BCUT2D eigenvalue weighted by Gasteiger charge is 2.31. The van der Waals surface area contributed by atoms with Gasteiger partial charge in [-0.3, -0.25) is 0 Å². The van der Waals surface area contributed by atoms with Crippen LogP contribution in [0.5, 0.6) is 0 Å². The summed E-state index contributed by atoms with van der Waals surface area (Å²) in [4.78, 5) is 0.323. The van der Waals surface area contributed by atoms with Crippen LogP contribution in [0.25, 0.3) is 0 Å². The Morgan fingerprint density at radius 1 is 0.677 bits per heavy atom. The van der Waals surface area contributed by atoms with Crippen LogP contribution in [-0.4, -0.2) is 51.6 Å². The van der Waals surface area contributed by atoms with Crippen molar-refractivity contribution in [2.24, 2.45) is 5.92 Å². The molecule has 2 aliphatic rings. The Kier molecular flexibility index (Phi) is 6.81. The van der Waals surface area contributed by atoms with Gasteiger partial charge in [-0.25, -0.2) is 16.8 Å². The largest absolute Gasteiger partial charge is 0.243 e. The van der Waals surface area contributed by atoms with Crippen LogP contribution < -0.4 is 0 Å². The van der Waals surface area contributed by atoms with Crippen molar-refractivity contribution in [1.82, 2.24) is 8.61 Å². The van der Waals surface area contributed by atoms with Gasteiger partial charge in [0.2, 0.25) is 20.0 Å². The number of hydrogen-bond acceptors (Lipinski definition) is 4. The molecule has 2 aromatic rings. The van der Waals surface area contributed by atoms with Gasteiger partial charge in [-0.05, 0) is 74.3 Å². The first kappa shape index (κ1) is 22.5. The number of hydrogen-bond donors (Lipinski definition) is 0. The highest BCUT2D eigenvalue weighted by molar-refractivity contribution is 7.89. The number of piperidine rings is 1. The Morgan fingerprint density at radius 2 is 1.16 bits per heavy atom. The molecule has 0 amide bonds. The molecule has 0 aliphatic carbocycles. The second-order valence-corrected chi connectivity index (χ2v) is 12.3. The van der Waals surface area contributed by atoms with Crippen molar-refractivity contribution in [3.05, 3.63) is 60.2 Å². The fourth-order valence-electron chi connectivity index (χ4n) is 4.46. The molecule has 0 unspecified atom stereocenters. The predicted octanol–water partition coefficient (Wildman–Crippen LogP) is 3.50. The predicted molar refractivity (Wildman–Crippen MR) is 121 cm³/mol. The summed E-state index contributed by atoms with van der Waals surface area (Å²) in [5, 5.41) is 0. The van der Waals surface area contributed by atoms with E-state index in [9.17, 15) is 16.8 Å². The van der Waals surface area contributed by atoms with Crippen molar-refractivity contribution in [3.63, 3.8) is 0 Å². The summed E-state index contributed by atoms with van der Waals surface area (Å²) in [5.74, 6) is 0.527. The first-order valence-corrected chi connectivity index (χ1v) is 13.9. The molecule has 2 heterocycles. The average molecular weight is 463 g/mol. The molecule has 2 aromatic carbocycles. The number of nitrogens with zero attached hydrogens (tertiary/aromatic N) is 2. The van der Waals surface area contributed by atoms with Gasteiger partial charge in [-0.2, -0.15) is 8.61 Å². The van der Waals surface area contributed by atoms with E-state index < -0.39 is 20.0 Å². The van der Waals surface area contributed by atoms with Crippen molar-refractivity contribution >= 4 is 20.0 Å². The molecule has 0 spiro atoms. The Balaban J connectivity index is 1.36. The van der Waals surface area contributed by atoms with E-state index in [4.69, 9.17) is 0 Å². The zero-order chi connectivity index (χ0) is 21.9. The Bertz CT molecular complexity index is 1070.